The normalized spacial score (nSPS) is 14.2. The molecular formula is C12H18BrClS. The Labute approximate surface area is 110 Å². The van der Waals surface area contributed by atoms with Gasteiger partial charge in [0.1, 0.15) is 0 Å². The second-order valence-electron chi connectivity index (χ2n) is 4.93. The average molecular weight is 310 g/mol. The molecular weight excluding hydrogens is 292 g/mol. The van der Waals surface area contributed by atoms with E-state index in [1.54, 1.807) is 0 Å². The zero-order valence-electron chi connectivity index (χ0n) is 9.52. The summed E-state index contributed by atoms with van der Waals surface area (Å²) in [6.07, 6.45) is 3.43. The van der Waals surface area contributed by atoms with Crippen LogP contribution in [0.5, 0.6) is 0 Å². The van der Waals surface area contributed by atoms with E-state index in [0.717, 1.165) is 12.8 Å². The molecule has 0 aliphatic heterocycles. The van der Waals surface area contributed by atoms with Crippen molar-refractivity contribution in [1.82, 2.24) is 0 Å². The summed E-state index contributed by atoms with van der Waals surface area (Å²) in [5, 5.41) is 0.279. The second-order valence-corrected chi connectivity index (χ2v) is 8.01. The van der Waals surface area contributed by atoms with Gasteiger partial charge in [-0.05, 0) is 52.7 Å². The highest BCUT2D eigenvalue weighted by atomic mass is 79.9. The van der Waals surface area contributed by atoms with Crippen molar-refractivity contribution < 1.29 is 0 Å². The largest absolute Gasteiger partial charge is 0.133 e. The van der Waals surface area contributed by atoms with Gasteiger partial charge in [0.2, 0.25) is 0 Å². The van der Waals surface area contributed by atoms with E-state index in [0.29, 0.717) is 0 Å². The standard InChI is InChI=1S/C12H18BrClS/c1-12(2,3)10(14)6-4-5-9-7-8-11(13)15-9/h7-8,10H,4-6H2,1-3H3. The lowest BCUT2D eigenvalue weighted by Crippen LogP contribution is -2.20. The maximum absolute atomic E-state index is 6.32. The Morgan fingerprint density at radius 2 is 2.07 bits per heavy atom. The van der Waals surface area contributed by atoms with E-state index < -0.39 is 0 Å². The van der Waals surface area contributed by atoms with E-state index in [-0.39, 0.29) is 10.8 Å². The summed E-state index contributed by atoms with van der Waals surface area (Å²) in [6.45, 7) is 6.60. The van der Waals surface area contributed by atoms with Gasteiger partial charge in [0.25, 0.3) is 0 Å². The van der Waals surface area contributed by atoms with Crippen LogP contribution in [0.25, 0.3) is 0 Å². The third kappa shape index (κ3) is 4.88. The zero-order chi connectivity index (χ0) is 11.5. The van der Waals surface area contributed by atoms with Crippen LogP contribution in [-0.4, -0.2) is 5.38 Å². The van der Waals surface area contributed by atoms with Crippen molar-refractivity contribution >= 4 is 38.9 Å². The molecule has 86 valence electrons. The van der Waals surface area contributed by atoms with Gasteiger partial charge in [-0.2, -0.15) is 0 Å². The SMILES string of the molecule is CC(C)(C)C(Cl)CCCc1ccc(Br)s1. The first-order chi connectivity index (χ1) is 6.89. The van der Waals surface area contributed by atoms with Crippen LogP contribution >= 0.6 is 38.9 Å². The van der Waals surface area contributed by atoms with Gasteiger partial charge in [-0.25, -0.2) is 0 Å². The summed E-state index contributed by atoms with van der Waals surface area (Å²) in [5.41, 5.74) is 0.220. The van der Waals surface area contributed by atoms with Crippen molar-refractivity contribution in [3.63, 3.8) is 0 Å². The minimum absolute atomic E-state index is 0.220. The Balaban J connectivity index is 2.28. The molecule has 0 aliphatic rings. The summed E-state index contributed by atoms with van der Waals surface area (Å²) in [4.78, 5) is 1.44. The highest BCUT2D eigenvalue weighted by Crippen LogP contribution is 2.29. The van der Waals surface area contributed by atoms with Crippen LogP contribution in [0.15, 0.2) is 15.9 Å². The molecule has 1 heterocycles. The van der Waals surface area contributed by atoms with Crippen molar-refractivity contribution in [1.29, 1.82) is 0 Å². The first-order valence-electron chi connectivity index (χ1n) is 5.28. The van der Waals surface area contributed by atoms with E-state index in [1.165, 1.54) is 15.1 Å². The molecule has 0 saturated carbocycles. The summed E-state index contributed by atoms with van der Waals surface area (Å²) >= 11 is 11.6. The molecule has 0 nitrogen and oxygen atoms in total. The van der Waals surface area contributed by atoms with Gasteiger partial charge in [-0.15, -0.1) is 22.9 Å². The van der Waals surface area contributed by atoms with Gasteiger partial charge in [-0.3, -0.25) is 0 Å². The van der Waals surface area contributed by atoms with Crippen molar-refractivity contribution in [2.75, 3.05) is 0 Å². The maximum Gasteiger partial charge on any atom is 0.0701 e. The number of hydrogen-bond donors (Lipinski definition) is 0. The van der Waals surface area contributed by atoms with Crippen LogP contribution < -0.4 is 0 Å². The molecule has 0 bridgehead atoms. The van der Waals surface area contributed by atoms with Crippen molar-refractivity contribution in [3.05, 3.63) is 20.8 Å². The number of halogens is 2. The number of rotatable bonds is 4. The van der Waals surface area contributed by atoms with E-state index in [9.17, 15) is 0 Å². The summed E-state index contributed by atoms with van der Waals surface area (Å²) in [5.74, 6) is 0. The van der Waals surface area contributed by atoms with Crippen LogP contribution in [0.3, 0.4) is 0 Å². The van der Waals surface area contributed by atoms with E-state index >= 15 is 0 Å². The molecule has 0 saturated heterocycles. The van der Waals surface area contributed by atoms with Crippen LogP contribution in [0, 0.1) is 5.41 Å². The first kappa shape index (κ1) is 13.5. The quantitative estimate of drug-likeness (QED) is 0.645. The zero-order valence-corrected chi connectivity index (χ0v) is 12.7. The van der Waals surface area contributed by atoms with Crippen LogP contribution in [-0.2, 0) is 6.42 Å². The van der Waals surface area contributed by atoms with Crippen molar-refractivity contribution in [2.24, 2.45) is 5.41 Å². The molecule has 1 atom stereocenters. The van der Waals surface area contributed by atoms with Crippen molar-refractivity contribution in [3.8, 4) is 0 Å². The Hall–Kier alpha value is 0.470. The molecule has 0 spiro atoms. The lowest BCUT2D eigenvalue weighted by Gasteiger charge is -2.24. The third-order valence-corrected chi connectivity index (χ3v) is 5.01. The molecule has 0 N–H and O–H groups in total. The highest BCUT2D eigenvalue weighted by molar-refractivity contribution is 9.11. The fourth-order valence-corrected chi connectivity index (χ4v) is 3.05. The molecule has 3 heteroatoms. The number of hydrogen-bond acceptors (Lipinski definition) is 1. The lowest BCUT2D eigenvalue weighted by molar-refractivity contribution is 0.369. The fraction of sp³-hybridized carbons (Fsp3) is 0.667. The van der Waals surface area contributed by atoms with Crippen molar-refractivity contribution in [2.45, 2.75) is 45.4 Å². The Morgan fingerprint density at radius 1 is 1.40 bits per heavy atom. The number of alkyl halides is 1. The minimum Gasteiger partial charge on any atom is -0.133 e. The summed E-state index contributed by atoms with van der Waals surface area (Å²) in [7, 11) is 0. The molecule has 0 fully saturated rings. The predicted molar refractivity (Wildman–Crippen MR) is 74.1 cm³/mol. The minimum atomic E-state index is 0.220. The average Bonchev–Trinajstić information content (AvgIpc) is 2.49. The van der Waals surface area contributed by atoms with Crippen LogP contribution in [0.2, 0.25) is 0 Å². The lowest BCUT2D eigenvalue weighted by atomic mass is 9.89. The van der Waals surface area contributed by atoms with E-state index in [1.807, 2.05) is 11.3 Å². The van der Waals surface area contributed by atoms with Crippen LogP contribution in [0.1, 0.15) is 38.5 Å². The molecule has 0 amide bonds. The van der Waals surface area contributed by atoms with Gasteiger partial charge in [0.15, 0.2) is 0 Å². The van der Waals surface area contributed by atoms with Gasteiger partial charge < -0.3 is 0 Å². The Kier molecular flexibility index (Phi) is 5.14. The van der Waals surface area contributed by atoms with Gasteiger partial charge in [-0.1, -0.05) is 20.8 Å². The predicted octanol–water partition coefficient (Wildman–Crippen LogP) is 5.49. The van der Waals surface area contributed by atoms with E-state index in [2.05, 4.69) is 48.8 Å². The Morgan fingerprint density at radius 3 is 2.53 bits per heavy atom. The smallest absolute Gasteiger partial charge is 0.0701 e. The second kappa shape index (κ2) is 5.70. The monoisotopic (exact) mass is 308 g/mol. The molecule has 0 aromatic carbocycles. The molecule has 1 aromatic rings. The van der Waals surface area contributed by atoms with Crippen LogP contribution in [0.4, 0.5) is 0 Å². The molecule has 1 rings (SSSR count). The fourth-order valence-electron chi connectivity index (χ4n) is 1.37. The van der Waals surface area contributed by atoms with Gasteiger partial charge in [0, 0.05) is 10.3 Å². The molecule has 0 radical (unpaired) electrons. The third-order valence-electron chi connectivity index (χ3n) is 2.45. The first-order valence-corrected chi connectivity index (χ1v) is 7.32. The molecule has 1 unspecified atom stereocenters. The number of thiophene rings is 1. The van der Waals surface area contributed by atoms with E-state index in [4.69, 9.17) is 11.6 Å². The maximum atomic E-state index is 6.32. The Bertz CT molecular complexity index is 301. The summed E-state index contributed by atoms with van der Waals surface area (Å²) in [6, 6.07) is 4.30. The number of aryl methyl sites for hydroxylation is 1. The van der Waals surface area contributed by atoms with Gasteiger partial charge >= 0.3 is 0 Å². The summed E-state index contributed by atoms with van der Waals surface area (Å²) < 4.78 is 1.22. The molecule has 0 aliphatic carbocycles. The van der Waals surface area contributed by atoms with Gasteiger partial charge in [0.05, 0.1) is 3.79 Å². The highest BCUT2D eigenvalue weighted by Gasteiger charge is 2.21. The topological polar surface area (TPSA) is 0 Å². The molecule has 1 aromatic heterocycles. The molecule has 15 heavy (non-hydrogen) atoms.